The lowest BCUT2D eigenvalue weighted by molar-refractivity contribution is 0.0997. The Bertz CT molecular complexity index is 732. The molecular weight excluding hydrogens is 288 g/mol. The van der Waals surface area contributed by atoms with Gasteiger partial charge in [0.25, 0.3) is 0 Å². The van der Waals surface area contributed by atoms with Crippen LogP contribution in [-0.2, 0) is 0 Å². The van der Waals surface area contributed by atoms with Crippen LogP contribution in [0.1, 0.15) is 16.2 Å². The highest BCUT2D eigenvalue weighted by Crippen LogP contribution is 2.37. The fraction of sp³-hybridized carbons (Fsp3) is 0.214. The quantitative estimate of drug-likeness (QED) is 0.639. The topological polar surface area (TPSA) is 126 Å². The fourth-order valence-electron chi connectivity index (χ4n) is 1.94. The average molecular weight is 304 g/mol. The Labute approximate surface area is 126 Å². The minimum Gasteiger partial charge on any atom is -0.493 e. The normalized spacial score (nSPS) is 10.1. The maximum atomic E-state index is 11.9. The van der Waals surface area contributed by atoms with Gasteiger partial charge in [0, 0.05) is 0 Å². The number of methoxy groups -OCH3 is 2. The van der Waals surface area contributed by atoms with Crippen LogP contribution in [0.3, 0.4) is 0 Å². The summed E-state index contributed by atoms with van der Waals surface area (Å²) in [4.78, 5) is 19.5. The number of carbonyl (C=O) groups is 1. The monoisotopic (exact) mass is 304 g/mol. The molecule has 8 nitrogen and oxygen atoms in total. The van der Waals surface area contributed by atoms with Crippen LogP contribution in [0.15, 0.2) is 27.6 Å². The molecule has 0 aliphatic carbocycles. The molecule has 2 rings (SSSR count). The number of hydrogen-bond acceptors (Lipinski definition) is 5. The Hall–Kier alpha value is -3.03. The van der Waals surface area contributed by atoms with E-state index in [0.29, 0.717) is 22.8 Å². The number of rotatable bonds is 4. The third-order valence-corrected chi connectivity index (χ3v) is 2.86. The fourth-order valence-corrected chi connectivity index (χ4v) is 1.94. The number of aliphatic imine (C=N–C) groups is 1. The molecule has 0 radical (unpaired) electrons. The lowest BCUT2D eigenvalue weighted by Gasteiger charge is -2.09. The largest absolute Gasteiger partial charge is 0.493 e. The van der Waals surface area contributed by atoms with E-state index in [2.05, 4.69) is 9.98 Å². The summed E-state index contributed by atoms with van der Waals surface area (Å²) in [5.74, 6) is 0.472. The molecular formula is C14H16N4O4. The lowest BCUT2D eigenvalue weighted by Crippen LogP contribution is -2.24. The van der Waals surface area contributed by atoms with Gasteiger partial charge in [-0.1, -0.05) is 6.07 Å². The Kier molecular flexibility index (Phi) is 4.31. The number of para-hydroxylation sites is 1. The Morgan fingerprint density at radius 2 is 2.00 bits per heavy atom. The van der Waals surface area contributed by atoms with Crippen molar-refractivity contribution >= 4 is 11.9 Å². The Morgan fingerprint density at radius 1 is 1.27 bits per heavy atom. The number of amides is 1. The molecule has 4 N–H and O–H groups in total. The van der Waals surface area contributed by atoms with Crippen LogP contribution in [0.25, 0.3) is 11.5 Å². The number of hydrogen-bond donors (Lipinski definition) is 2. The molecule has 0 unspecified atom stereocenters. The van der Waals surface area contributed by atoms with Gasteiger partial charge in [-0.2, -0.15) is 4.99 Å². The second kappa shape index (κ2) is 6.17. The molecule has 22 heavy (non-hydrogen) atoms. The van der Waals surface area contributed by atoms with Crippen molar-refractivity contribution in [3.63, 3.8) is 0 Å². The SMILES string of the molecule is COc1cccc(-c2nc(C(=O)N=C(N)N)c(C)o2)c1OC. The summed E-state index contributed by atoms with van der Waals surface area (Å²) in [7, 11) is 3.03. The molecule has 1 amide bonds. The highest BCUT2D eigenvalue weighted by Gasteiger charge is 2.21. The summed E-state index contributed by atoms with van der Waals surface area (Å²) in [5, 5.41) is 0. The van der Waals surface area contributed by atoms with Crippen LogP contribution >= 0.6 is 0 Å². The smallest absolute Gasteiger partial charge is 0.302 e. The lowest BCUT2D eigenvalue weighted by atomic mass is 10.2. The number of aromatic nitrogens is 1. The first kappa shape index (κ1) is 15.4. The first-order chi connectivity index (χ1) is 10.5. The number of benzene rings is 1. The maximum Gasteiger partial charge on any atom is 0.302 e. The summed E-state index contributed by atoms with van der Waals surface area (Å²) in [6.45, 7) is 1.60. The molecule has 1 aromatic carbocycles. The number of oxazole rings is 1. The van der Waals surface area contributed by atoms with Gasteiger partial charge in [0.15, 0.2) is 23.2 Å². The molecule has 0 saturated heterocycles. The van der Waals surface area contributed by atoms with Crippen molar-refractivity contribution in [3.05, 3.63) is 29.7 Å². The van der Waals surface area contributed by atoms with Crippen molar-refractivity contribution in [2.75, 3.05) is 14.2 Å². The van der Waals surface area contributed by atoms with Gasteiger partial charge < -0.3 is 25.4 Å². The second-order valence-electron chi connectivity index (χ2n) is 4.31. The Morgan fingerprint density at radius 3 is 2.59 bits per heavy atom. The number of nitrogens with two attached hydrogens (primary N) is 2. The molecule has 1 aromatic heterocycles. The van der Waals surface area contributed by atoms with E-state index in [1.54, 1.807) is 25.1 Å². The predicted octanol–water partition coefficient (Wildman–Crippen LogP) is 1.08. The zero-order valence-electron chi connectivity index (χ0n) is 12.4. The zero-order valence-corrected chi connectivity index (χ0v) is 12.4. The minimum absolute atomic E-state index is 0.0354. The average Bonchev–Trinajstić information content (AvgIpc) is 2.87. The third-order valence-electron chi connectivity index (χ3n) is 2.86. The third kappa shape index (κ3) is 2.85. The van der Waals surface area contributed by atoms with E-state index in [9.17, 15) is 4.79 Å². The van der Waals surface area contributed by atoms with Gasteiger partial charge in [0.05, 0.1) is 19.8 Å². The van der Waals surface area contributed by atoms with Crippen LogP contribution in [0.5, 0.6) is 11.5 Å². The first-order valence-electron chi connectivity index (χ1n) is 6.30. The first-order valence-corrected chi connectivity index (χ1v) is 6.30. The molecule has 0 spiro atoms. The molecule has 116 valence electrons. The summed E-state index contributed by atoms with van der Waals surface area (Å²) in [6, 6.07) is 5.23. The highest BCUT2D eigenvalue weighted by molar-refractivity contribution is 6.01. The summed E-state index contributed by atoms with van der Waals surface area (Å²) >= 11 is 0. The van der Waals surface area contributed by atoms with Crippen LogP contribution in [0.4, 0.5) is 0 Å². The highest BCUT2D eigenvalue weighted by atomic mass is 16.5. The molecule has 0 aliphatic rings. The van der Waals surface area contributed by atoms with Crippen molar-refractivity contribution in [3.8, 4) is 23.0 Å². The van der Waals surface area contributed by atoms with E-state index in [1.165, 1.54) is 14.2 Å². The van der Waals surface area contributed by atoms with Crippen molar-refractivity contribution in [1.29, 1.82) is 0 Å². The van der Waals surface area contributed by atoms with Gasteiger partial charge in [-0.05, 0) is 19.1 Å². The molecule has 0 fully saturated rings. The molecule has 2 aromatic rings. The van der Waals surface area contributed by atoms with Crippen LogP contribution in [-0.4, -0.2) is 31.1 Å². The van der Waals surface area contributed by atoms with Gasteiger partial charge in [0.1, 0.15) is 5.76 Å². The van der Waals surface area contributed by atoms with Crippen molar-refractivity contribution in [2.45, 2.75) is 6.92 Å². The van der Waals surface area contributed by atoms with Crippen LogP contribution in [0, 0.1) is 6.92 Å². The predicted molar refractivity (Wildman–Crippen MR) is 79.9 cm³/mol. The number of carbonyl (C=O) groups excluding carboxylic acids is 1. The maximum absolute atomic E-state index is 11.9. The minimum atomic E-state index is -0.672. The van der Waals surface area contributed by atoms with Gasteiger partial charge in [-0.3, -0.25) is 4.79 Å². The number of nitrogens with zero attached hydrogens (tertiary/aromatic N) is 2. The van der Waals surface area contributed by atoms with Gasteiger partial charge in [-0.25, -0.2) is 4.98 Å². The molecule has 8 heteroatoms. The van der Waals surface area contributed by atoms with E-state index < -0.39 is 5.91 Å². The molecule has 1 heterocycles. The summed E-state index contributed by atoms with van der Waals surface area (Å²) in [6.07, 6.45) is 0. The Balaban J connectivity index is 2.52. The number of aryl methyl sites for hydroxylation is 1. The van der Waals surface area contributed by atoms with Gasteiger partial charge in [-0.15, -0.1) is 0 Å². The van der Waals surface area contributed by atoms with Gasteiger partial charge in [0.2, 0.25) is 5.89 Å². The van der Waals surface area contributed by atoms with E-state index in [1.807, 2.05) is 0 Å². The van der Waals surface area contributed by atoms with Crippen LogP contribution in [0.2, 0.25) is 0 Å². The summed E-state index contributed by atoms with van der Waals surface area (Å²) in [5.41, 5.74) is 11.0. The van der Waals surface area contributed by atoms with E-state index in [4.69, 9.17) is 25.4 Å². The van der Waals surface area contributed by atoms with Crippen molar-refractivity contribution in [2.24, 2.45) is 16.5 Å². The van der Waals surface area contributed by atoms with Crippen molar-refractivity contribution in [1.82, 2.24) is 4.98 Å². The van der Waals surface area contributed by atoms with E-state index in [0.717, 1.165) is 0 Å². The zero-order chi connectivity index (χ0) is 16.3. The molecule has 0 saturated carbocycles. The van der Waals surface area contributed by atoms with Crippen LogP contribution < -0.4 is 20.9 Å². The number of ether oxygens (including phenoxy) is 2. The molecule has 0 bridgehead atoms. The van der Waals surface area contributed by atoms with E-state index in [-0.39, 0.29) is 17.5 Å². The second-order valence-corrected chi connectivity index (χ2v) is 4.31. The number of guanidine groups is 1. The van der Waals surface area contributed by atoms with Gasteiger partial charge >= 0.3 is 5.91 Å². The molecule has 0 aliphatic heterocycles. The van der Waals surface area contributed by atoms with Crippen molar-refractivity contribution < 1.29 is 18.7 Å². The van der Waals surface area contributed by atoms with E-state index >= 15 is 0 Å². The molecule has 0 atom stereocenters. The standard InChI is InChI=1S/C14H16N4O4/c1-7-10(12(19)18-14(15)16)17-13(22-7)8-5-4-6-9(20-2)11(8)21-3/h4-6H,1-3H3,(H4,15,16,18,19). The summed E-state index contributed by atoms with van der Waals surface area (Å²) < 4.78 is 16.1.